The van der Waals surface area contributed by atoms with Crippen molar-refractivity contribution >= 4 is 50.2 Å². The molecule has 0 bridgehead atoms. The van der Waals surface area contributed by atoms with Crippen LogP contribution in [-0.2, 0) is 16.0 Å². The van der Waals surface area contributed by atoms with Crippen molar-refractivity contribution < 1.29 is 14.4 Å². The van der Waals surface area contributed by atoms with Crippen LogP contribution in [0.3, 0.4) is 0 Å². The maximum absolute atomic E-state index is 13.1. The van der Waals surface area contributed by atoms with Crippen molar-refractivity contribution in [3.05, 3.63) is 100 Å². The van der Waals surface area contributed by atoms with Crippen LogP contribution in [0.4, 0.5) is 5.69 Å². The van der Waals surface area contributed by atoms with Crippen molar-refractivity contribution in [3.63, 3.8) is 0 Å². The third kappa shape index (κ3) is 5.35. The third-order valence-corrected chi connectivity index (χ3v) is 5.84. The average molecular weight is 519 g/mol. The van der Waals surface area contributed by atoms with Gasteiger partial charge in [-0.2, -0.15) is 0 Å². The minimum atomic E-state index is -0.863. The van der Waals surface area contributed by atoms with E-state index < -0.39 is 17.7 Å². The summed E-state index contributed by atoms with van der Waals surface area (Å²) >= 11 is 3.43. The lowest BCUT2D eigenvalue weighted by Crippen LogP contribution is -2.40. The van der Waals surface area contributed by atoms with Gasteiger partial charge in [0.2, 0.25) is 0 Å². The smallest absolute Gasteiger partial charge is 0.328 e. The fourth-order valence-electron chi connectivity index (χ4n) is 3.57. The number of hydrogen-bond acceptors (Lipinski definition) is 3. The van der Waals surface area contributed by atoms with Gasteiger partial charge in [0.25, 0.3) is 5.91 Å². The number of para-hydroxylation sites is 1. The Labute approximate surface area is 205 Å². The third-order valence-electron chi connectivity index (χ3n) is 5.35. The molecule has 3 aromatic carbocycles. The second-order valence-corrected chi connectivity index (χ2v) is 8.69. The summed E-state index contributed by atoms with van der Waals surface area (Å²) in [6.07, 6.45) is 0.602. The Bertz CT molecular complexity index is 1370. The maximum Gasteiger partial charge on any atom is 0.328 e. The Kier molecular flexibility index (Phi) is 7.08. The zero-order valence-electron chi connectivity index (χ0n) is 18.5. The van der Waals surface area contributed by atoms with Gasteiger partial charge in [0.1, 0.15) is 5.69 Å². The Hall–Kier alpha value is -3.91. The second kappa shape index (κ2) is 10.4. The van der Waals surface area contributed by atoms with Gasteiger partial charge in [0, 0.05) is 22.1 Å². The molecule has 0 aliphatic carbocycles. The molecule has 0 saturated heterocycles. The Morgan fingerprint density at radius 1 is 0.882 bits per heavy atom. The highest BCUT2D eigenvalue weighted by Gasteiger charge is 2.21. The van der Waals surface area contributed by atoms with Gasteiger partial charge in [-0.3, -0.25) is 19.8 Å². The fourth-order valence-corrected chi connectivity index (χ4v) is 3.95. The van der Waals surface area contributed by atoms with Gasteiger partial charge in [-0.25, -0.2) is 4.68 Å². The molecular formula is C26H23BrN4O3. The summed E-state index contributed by atoms with van der Waals surface area (Å²) in [7, 11) is 0. The number of anilines is 1. The summed E-state index contributed by atoms with van der Waals surface area (Å²) in [6.45, 7) is 2.21. The summed E-state index contributed by atoms with van der Waals surface area (Å²) < 4.78 is 2.17. The standard InChI is InChI=1S/C26H23BrN4O3/c1-17-7-5-6-10-21(17)29-24(32)23-16-19-15-20(27)11-12-22(19)31(23)30-26(34)25(33)28-14-13-18-8-3-2-4-9-18/h2-12,15-16H,13-14H2,1H3,(H,28,33)(H,29,32)(H,30,34). The van der Waals surface area contributed by atoms with Gasteiger partial charge in [0.15, 0.2) is 0 Å². The van der Waals surface area contributed by atoms with Crippen molar-refractivity contribution in [3.8, 4) is 0 Å². The number of amides is 3. The summed E-state index contributed by atoms with van der Waals surface area (Å²) in [4.78, 5) is 38.2. The molecule has 8 heteroatoms. The van der Waals surface area contributed by atoms with E-state index in [9.17, 15) is 14.4 Å². The van der Waals surface area contributed by atoms with Gasteiger partial charge < -0.3 is 10.6 Å². The number of rotatable bonds is 6. The van der Waals surface area contributed by atoms with Crippen LogP contribution in [-0.4, -0.2) is 28.9 Å². The molecule has 172 valence electrons. The first-order valence-corrected chi connectivity index (χ1v) is 11.5. The number of aromatic nitrogens is 1. The SMILES string of the molecule is Cc1ccccc1NC(=O)c1cc2cc(Br)ccc2n1NC(=O)C(=O)NCCc1ccccc1. The van der Waals surface area contributed by atoms with Crippen LogP contribution in [0.15, 0.2) is 83.3 Å². The first kappa shape index (κ1) is 23.3. The number of halogens is 1. The quantitative estimate of drug-likeness (QED) is 0.330. The Morgan fingerprint density at radius 3 is 2.38 bits per heavy atom. The molecule has 0 aliphatic heterocycles. The van der Waals surface area contributed by atoms with E-state index in [1.807, 2.05) is 61.5 Å². The molecule has 4 aromatic rings. The van der Waals surface area contributed by atoms with E-state index in [-0.39, 0.29) is 5.69 Å². The van der Waals surface area contributed by atoms with E-state index in [1.54, 1.807) is 24.3 Å². The van der Waals surface area contributed by atoms with Crippen LogP contribution >= 0.6 is 15.9 Å². The van der Waals surface area contributed by atoms with E-state index >= 15 is 0 Å². The van der Waals surface area contributed by atoms with Crippen molar-refractivity contribution in [2.24, 2.45) is 0 Å². The number of fused-ring (bicyclic) bond motifs is 1. The van der Waals surface area contributed by atoms with Gasteiger partial charge in [-0.15, -0.1) is 0 Å². The van der Waals surface area contributed by atoms with Gasteiger partial charge in [-0.05, 0) is 54.8 Å². The van der Waals surface area contributed by atoms with Gasteiger partial charge in [-0.1, -0.05) is 64.5 Å². The number of hydrogen-bond donors (Lipinski definition) is 3. The second-order valence-electron chi connectivity index (χ2n) is 7.77. The summed E-state index contributed by atoms with van der Waals surface area (Å²) in [5.74, 6) is -2.05. The molecule has 1 heterocycles. The molecule has 0 aliphatic rings. The zero-order valence-corrected chi connectivity index (χ0v) is 20.1. The molecule has 34 heavy (non-hydrogen) atoms. The van der Waals surface area contributed by atoms with Crippen molar-refractivity contribution in [1.29, 1.82) is 0 Å². The van der Waals surface area contributed by atoms with Crippen molar-refractivity contribution in [1.82, 2.24) is 9.99 Å². The van der Waals surface area contributed by atoms with Crippen LogP contribution in [0.25, 0.3) is 10.9 Å². The molecule has 4 rings (SSSR count). The minimum absolute atomic E-state index is 0.196. The molecule has 3 N–H and O–H groups in total. The molecule has 1 aromatic heterocycles. The monoisotopic (exact) mass is 518 g/mol. The molecule has 3 amide bonds. The van der Waals surface area contributed by atoms with E-state index in [2.05, 4.69) is 32.0 Å². The number of nitrogens with zero attached hydrogens (tertiary/aromatic N) is 1. The highest BCUT2D eigenvalue weighted by Crippen LogP contribution is 2.24. The molecule has 0 spiro atoms. The van der Waals surface area contributed by atoms with Crippen LogP contribution in [0.2, 0.25) is 0 Å². The topological polar surface area (TPSA) is 92.2 Å². The summed E-state index contributed by atoms with van der Waals surface area (Å²) in [5.41, 5.74) is 5.98. The van der Waals surface area contributed by atoms with Crippen molar-refractivity contribution in [2.75, 3.05) is 17.3 Å². The molecular weight excluding hydrogens is 496 g/mol. The number of carbonyl (C=O) groups is 3. The lowest BCUT2D eigenvalue weighted by Gasteiger charge is -2.13. The van der Waals surface area contributed by atoms with Gasteiger partial charge in [0.05, 0.1) is 5.52 Å². The first-order valence-electron chi connectivity index (χ1n) is 10.7. The predicted molar refractivity (Wildman–Crippen MR) is 136 cm³/mol. The minimum Gasteiger partial charge on any atom is -0.347 e. The Balaban J connectivity index is 1.53. The van der Waals surface area contributed by atoms with Crippen LogP contribution in [0.1, 0.15) is 21.6 Å². The normalized spacial score (nSPS) is 10.6. The molecule has 0 atom stereocenters. The highest BCUT2D eigenvalue weighted by molar-refractivity contribution is 9.10. The maximum atomic E-state index is 13.1. The molecule has 0 fully saturated rings. The summed E-state index contributed by atoms with van der Waals surface area (Å²) in [5, 5.41) is 6.23. The first-order chi connectivity index (χ1) is 16.4. The average Bonchev–Trinajstić information content (AvgIpc) is 3.18. The molecule has 0 radical (unpaired) electrons. The lowest BCUT2D eigenvalue weighted by atomic mass is 10.1. The number of aryl methyl sites for hydroxylation is 1. The predicted octanol–water partition coefficient (Wildman–Crippen LogP) is 4.39. The van der Waals surface area contributed by atoms with E-state index in [1.165, 1.54) is 4.68 Å². The zero-order chi connectivity index (χ0) is 24.1. The van der Waals surface area contributed by atoms with Gasteiger partial charge >= 0.3 is 11.8 Å². The largest absolute Gasteiger partial charge is 0.347 e. The summed E-state index contributed by atoms with van der Waals surface area (Å²) in [6, 6.07) is 24.1. The number of nitrogens with one attached hydrogen (secondary N) is 3. The van der Waals surface area contributed by atoms with E-state index in [0.29, 0.717) is 24.2 Å². The van der Waals surface area contributed by atoms with Crippen LogP contribution in [0, 0.1) is 6.92 Å². The van der Waals surface area contributed by atoms with E-state index in [0.717, 1.165) is 21.0 Å². The Morgan fingerprint density at radius 2 is 1.62 bits per heavy atom. The molecule has 7 nitrogen and oxygen atoms in total. The lowest BCUT2D eigenvalue weighted by molar-refractivity contribution is -0.136. The highest BCUT2D eigenvalue weighted by atomic mass is 79.9. The number of carbonyl (C=O) groups excluding carboxylic acids is 3. The van der Waals surface area contributed by atoms with Crippen LogP contribution < -0.4 is 16.1 Å². The fraction of sp³-hybridized carbons (Fsp3) is 0.115. The van der Waals surface area contributed by atoms with Crippen molar-refractivity contribution in [2.45, 2.75) is 13.3 Å². The molecule has 0 unspecified atom stereocenters. The molecule has 0 saturated carbocycles. The number of benzene rings is 3. The van der Waals surface area contributed by atoms with E-state index in [4.69, 9.17) is 0 Å². The van der Waals surface area contributed by atoms with Crippen LogP contribution in [0.5, 0.6) is 0 Å².